The monoisotopic (exact) mass is 735 g/mol. The van der Waals surface area contributed by atoms with Crippen LogP contribution >= 0.6 is 0 Å². The zero-order valence-electron chi connectivity index (χ0n) is 34.2. The van der Waals surface area contributed by atoms with Crippen molar-refractivity contribution in [3.05, 3.63) is 24.3 Å². The van der Waals surface area contributed by atoms with E-state index in [-0.39, 0.29) is 25.2 Å². The first-order valence-electron chi connectivity index (χ1n) is 21.8. The zero-order valence-corrected chi connectivity index (χ0v) is 34.2. The van der Waals surface area contributed by atoms with Crippen LogP contribution in [0.1, 0.15) is 201 Å². The summed E-state index contributed by atoms with van der Waals surface area (Å²) >= 11 is 0. The van der Waals surface area contributed by atoms with Gasteiger partial charge in [-0.25, -0.2) is 4.79 Å². The van der Waals surface area contributed by atoms with Crippen LogP contribution in [0.5, 0.6) is 0 Å². The minimum atomic E-state index is -0.826. The van der Waals surface area contributed by atoms with Gasteiger partial charge in [0, 0.05) is 25.9 Å². The number of alkyl carbamates (subject to hydrolysis) is 1. The number of likely N-dealkylation sites (N-methyl/N-ethyl adjacent to an activating group) is 1. The Hall–Kier alpha value is -2.35. The first kappa shape index (κ1) is 49.6. The van der Waals surface area contributed by atoms with E-state index in [9.17, 15) is 14.4 Å². The number of hydrogen-bond donors (Lipinski definition) is 2. The average molecular weight is 735 g/mol. The fourth-order valence-electron chi connectivity index (χ4n) is 5.95. The van der Waals surface area contributed by atoms with Crippen LogP contribution in [0.25, 0.3) is 0 Å². The number of carbonyl (C=O) groups excluding carboxylic acids is 3. The number of unbranched alkanes of at least 4 members (excludes halogenated alkanes) is 22. The molecule has 0 aromatic carbocycles. The summed E-state index contributed by atoms with van der Waals surface area (Å²) in [4.78, 5) is 37.2. The smallest absolute Gasteiger partial charge is 0.407 e. The molecule has 0 aliphatic carbocycles. The molecule has 0 heterocycles. The number of esters is 2. The van der Waals surface area contributed by atoms with Crippen LogP contribution in [-0.4, -0.2) is 57.0 Å². The summed E-state index contributed by atoms with van der Waals surface area (Å²) in [6.45, 7) is 8.10. The van der Waals surface area contributed by atoms with Crippen molar-refractivity contribution in [3.63, 3.8) is 0 Å². The molecule has 52 heavy (non-hydrogen) atoms. The van der Waals surface area contributed by atoms with Crippen molar-refractivity contribution in [2.45, 2.75) is 207 Å². The molecule has 304 valence electrons. The van der Waals surface area contributed by atoms with Crippen LogP contribution in [0.15, 0.2) is 24.3 Å². The lowest BCUT2D eigenvalue weighted by Crippen LogP contribution is -2.36. The summed E-state index contributed by atoms with van der Waals surface area (Å²) in [6.07, 6.45) is 39.6. The molecule has 0 aromatic heterocycles. The largest absolute Gasteiger partial charge is 0.462 e. The first-order valence-corrected chi connectivity index (χ1v) is 21.8. The lowest BCUT2D eigenvalue weighted by atomic mass is 10.1. The second-order valence-electron chi connectivity index (χ2n) is 14.3. The minimum absolute atomic E-state index is 0.118. The van der Waals surface area contributed by atoms with Crippen molar-refractivity contribution >= 4 is 18.0 Å². The van der Waals surface area contributed by atoms with Crippen molar-refractivity contribution in [3.8, 4) is 0 Å². The Morgan fingerprint density at radius 1 is 0.481 bits per heavy atom. The maximum atomic E-state index is 12.6. The summed E-state index contributed by atoms with van der Waals surface area (Å²) < 4.78 is 16.3. The van der Waals surface area contributed by atoms with E-state index in [1.54, 1.807) is 0 Å². The van der Waals surface area contributed by atoms with Gasteiger partial charge in [0.1, 0.15) is 13.2 Å². The number of ether oxygens (including phenoxy) is 3. The van der Waals surface area contributed by atoms with E-state index in [2.05, 4.69) is 48.8 Å². The van der Waals surface area contributed by atoms with Gasteiger partial charge >= 0.3 is 18.0 Å². The van der Waals surface area contributed by atoms with Gasteiger partial charge in [0.25, 0.3) is 0 Å². The van der Waals surface area contributed by atoms with Gasteiger partial charge in [-0.3, -0.25) is 9.59 Å². The Bertz CT molecular complexity index is 862. The highest BCUT2D eigenvalue weighted by molar-refractivity contribution is 5.70. The number of amides is 1. The third kappa shape index (κ3) is 38.9. The maximum absolute atomic E-state index is 12.6. The predicted octanol–water partition coefficient (Wildman–Crippen LogP) is 11.9. The molecule has 0 aromatic rings. The summed E-state index contributed by atoms with van der Waals surface area (Å²) in [7, 11) is 0. The Morgan fingerprint density at radius 2 is 0.885 bits per heavy atom. The molecule has 8 nitrogen and oxygen atoms in total. The van der Waals surface area contributed by atoms with Crippen molar-refractivity contribution in [1.29, 1.82) is 0 Å². The molecule has 0 radical (unpaired) electrons. The van der Waals surface area contributed by atoms with Gasteiger partial charge in [0.05, 0.1) is 0 Å². The van der Waals surface area contributed by atoms with E-state index in [0.717, 1.165) is 64.3 Å². The Morgan fingerprint density at radius 3 is 1.35 bits per heavy atom. The Kier molecular flexibility index (Phi) is 39.5. The molecule has 0 saturated carbocycles. The fourth-order valence-corrected chi connectivity index (χ4v) is 5.95. The molecule has 1 atom stereocenters. The molecule has 0 fully saturated rings. The highest BCUT2D eigenvalue weighted by Gasteiger charge is 2.19. The van der Waals surface area contributed by atoms with Crippen LogP contribution in [0, 0.1) is 0 Å². The summed E-state index contributed by atoms with van der Waals surface area (Å²) in [5.41, 5.74) is 0. The van der Waals surface area contributed by atoms with Crippen molar-refractivity contribution in [1.82, 2.24) is 10.6 Å². The highest BCUT2D eigenvalue weighted by Crippen LogP contribution is 2.13. The molecule has 2 N–H and O–H groups in total. The summed E-state index contributed by atoms with van der Waals surface area (Å²) in [5.74, 6) is -0.668. The van der Waals surface area contributed by atoms with Crippen molar-refractivity contribution in [2.75, 3.05) is 32.8 Å². The lowest BCUT2D eigenvalue weighted by molar-refractivity contribution is -0.161. The van der Waals surface area contributed by atoms with Gasteiger partial charge in [0.15, 0.2) is 6.10 Å². The van der Waals surface area contributed by atoms with Crippen LogP contribution < -0.4 is 10.6 Å². The van der Waals surface area contributed by atoms with Gasteiger partial charge in [-0.1, -0.05) is 148 Å². The third-order valence-corrected chi connectivity index (χ3v) is 9.24. The molecule has 1 amide bonds. The van der Waals surface area contributed by atoms with E-state index in [0.29, 0.717) is 25.9 Å². The van der Waals surface area contributed by atoms with Gasteiger partial charge in [-0.05, 0) is 70.8 Å². The Balaban J connectivity index is 4.20. The normalized spacial score (nSPS) is 12.1. The molecule has 1 unspecified atom stereocenters. The van der Waals surface area contributed by atoms with E-state index in [4.69, 9.17) is 14.2 Å². The summed E-state index contributed by atoms with van der Waals surface area (Å²) in [5, 5.41) is 5.79. The van der Waals surface area contributed by atoms with Gasteiger partial charge in [0.2, 0.25) is 0 Å². The summed E-state index contributed by atoms with van der Waals surface area (Å²) in [6, 6.07) is 0. The van der Waals surface area contributed by atoms with Crippen molar-refractivity contribution in [2.24, 2.45) is 0 Å². The molecule has 8 heteroatoms. The van der Waals surface area contributed by atoms with E-state index >= 15 is 0 Å². The average Bonchev–Trinajstić information content (AvgIpc) is 3.14. The molecule has 0 saturated heterocycles. The number of rotatable bonds is 39. The zero-order chi connectivity index (χ0) is 38.0. The second kappa shape index (κ2) is 41.4. The van der Waals surface area contributed by atoms with Crippen molar-refractivity contribution < 1.29 is 28.6 Å². The quantitative estimate of drug-likeness (QED) is 0.0280. The number of nitrogens with one attached hydrogen (secondary N) is 2. The Labute approximate surface area is 320 Å². The minimum Gasteiger partial charge on any atom is -0.462 e. The van der Waals surface area contributed by atoms with E-state index in [1.165, 1.54) is 109 Å². The SMILES string of the molecule is CCCCCCCCC=CCCCCCCCC(=O)OCC(COC(=O)NCCNCC)OC(=O)CCCCCCCC=CCCCCCCCC. The third-order valence-electron chi connectivity index (χ3n) is 9.24. The van der Waals surface area contributed by atoms with E-state index < -0.39 is 12.2 Å². The van der Waals surface area contributed by atoms with Crippen LogP contribution in [-0.2, 0) is 23.8 Å². The van der Waals surface area contributed by atoms with Crippen LogP contribution in [0.2, 0.25) is 0 Å². The highest BCUT2D eigenvalue weighted by atomic mass is 16.6. The predicted molar refractivity (Wildman–Crippen MR) is 218 cm³/mol. The van der Waals surface area contributed by atoms with Crippen LogP contribution in [0.3, 0.4) is 0 Å². The number of allylic oxidation sites excluding steroid dienone is 4. The van der Waals surface area contributed by atoms with Gasteiger partial charge in [-0.15, -0.1) is 0 Å². The standard InChI is InChI=1S/C44H82N2O6/c1-4-7-9-11-13-15-17-19-21-23-25-27-29-31-33-35-42(47)50-39-41(40-51-44(49)46-38-37-45-6-3)52-43(48)36-34-32-30-28-26-24-22-20-18-16-14-12-10-8-5-2/h19-22,41,45H,4-18,23-40H2,1-3H3,(H,46,49). The van der Waals surface area contributed by atoms with Crippen LogP contribution in [0.4, 0.5) is 4.79 Å². The number of carbonyl (C=O) groups is 3. The topological polar surface area (TPSA) is 103 Å². The molecular formula is C44H82N2O6. The number of hydrogen-bond acceptors (Lipinski definition) is 7. The van der Waals surface area contributed by atoms with E-state index in [1.807, 2.05) is 6.92 Å². The molecule has 0 bridgehead atoms. The maximum Gasteiger partial charge on any atom is 0.407 e. The van der Waals surface area contributed by atoms with Gasteiger partial charge < -0.3 is 24.8 Å². The fraction of sp³-hybridized carbons (Fsp3) is 0.841. The molecule has 0 rings (SSSR count). The first-order chi connectivity index (χ1) is 25.5. The molecule has 0 spiro atoms. The molecule has 0 aliphatic rings. The lowest BCUT2D eigenvalue weighted by Gasteiger charge is -2.18. The second-order valence-corrected chi connectivity index (χ2v) is 14.3. The molecule has 0 aliphatic heterocycles. The molecular weight excluding hydrogens is 652 g/mol. The van der Waals surface area contributed by atoms with Gasteiger partial charge in [-0.2, -0.15) is 0 Å².